The molecule has 4 aromatic rings. The highest BCUT2D eigenvalue weighted by atomic mass is 32.2. The fraction of sp³-hybridized carbons (Fsp3) is 0.158. The molecule has 0 aliphatic heterocycles. The van der Waals surface area contributed by atoms with Gasteiger partial charge in [-0.3, -0.25) is 4.31 Å². The average Bonchev–Trinajstić information content (AvgIpc) is 3.42. The third-order valence-electron chi connectivity index (χ3n) is 4.51. The topological polar surface area (TPSA) is 79.0 Å². The van der Waals surface area contributed by atoms with Gasteiger partial charge < -0.3 is 4.57 Å². The number of hydrogen-bond donors (Lipinski definition) is 0. The fourth-order valence-electron chi connectivity index (χ4n) is 3.11. The first-order chi connectivity index (χ1) is 13.4. The molecule has 4 rings (SSSR count). The van der Waals surface area contributed by atoms with Gasteiger partial charge in [0.1, 0.15) is 9.22 Å². The van der Waals surface area contributed by atoms with E-state index in [1.54, 1.807) is 36.8 Å². The lowest BCUT2D eigenvalue weighted by molar-refractivity contribution is 0.596. The van der Waals surface area contributed by atoms with Gasteiger partial charge in [-0.2, -0.15) is 5.26 Å². The van der Waals surface area contributed by atoms with Crippen LogP contribution in [0.2, 0.25) is 0 Å². The van der Waals surface area contributed by atoms with Crippen LogP contribution in [-0.2, 0) is 23.5 Å². The minimum Gasteiger partial charge on any atom is -0.340 e. The maximum Gasteiger partial charge on any atom is 0.273 e. The number of aromatic nitrogens is 2. The van der Waals surface area contributed by atoms with E-state index >= 15 is 0 Å². The van der Waals surface area contributed by atoms with Crippen molar-refractivity contribution < 1.29 is 8.42 Å². The number of para-hydroxylation sites is 1. The second-order valence-electron chi connectivity index (χ2n) is 6.17. The van der Waals surface area contributed by atoms with Gasteiger partial charge in [0.25, 0.3) is 10.0 Å². The number of aryl methyl sites for hydroxylation is 1. The van der Waals surface area contributed by atoms with Crippen molar-refractivity contribution in [3.05, 3.63) is 52.9 Å². The minimum absolute atomic E-state index is 0.308. The molecule has 3 aromatic heterocycles. The minimum atomic E-state index is -3.63. The van der Waals surface area contributed by atoms with Gasteiger partial charge in [0.2, 0.25) is 0 Å². The van der Waals surface area contributed by atoms with Crippen molar-refractivity contribution in [2.24, 2.45) is 7.05 Å². The van der Waals surface area contributed by atoms with Gasteiger partial charge in [-0.25, -0.2) is 13.4 Å². The van der Waals surface area contributed by atoms with Crippen molar-refractivity contribution in [1.82, 2.24) is 9.55 Å². The lowest BCUT2D eigenvalue weighted by Crippen LogP contribution is -2.26. The Labute approximate surface area is 171 Å². The number of fused-ring (bicyclic) bond motifs is 1. The van der Waals surface area contributed by atoms with Crippen LogP contribution in [0.3, 0.4) is 0 Å². The summed E-state index contributed by atoms with van der Waals surface area (Å²) in [5.74, 6) is 0. The van der Waals surface area contributed by atoms with Crippen LogP contribution >= 0.6 is 22.7 Å². The van der Waals surface area contributed by atoms with Gasteiger partial charge >= 0.3 is 0 Å². The van der Waals surface area contributed by atoms with Gasteiger partial charge in [0.15, 0.2) is 0 Å². The van der Waals surface area contributed by atoms with E-state index in [9.17, 15) is 8.42 Å². The van der Waals surface area contributed by atoms with Crippen molar-refractivity contribution >= 4 is 49.3 Å². The molecule has 0 saturated heterocycles. The first-order valence-electron chi connectivity index (χ1n) is 8.36. The number of nitriles is 1. The zero-order valence-corrected chi connectivity index (χ0v) is 17.6. The molecule has 0 amide bonds. The van der Waals surface area contributed by atoms with E-state index in [0.29, 0.717) is 16.3 Å². The summed E-state index contributed by atoms with van der Waals surface area (Å²) in [7, 11) is -0.151. The van der Waals surface area contributed by atoms with Crippen LogP contribution < -0.4 is 4.31 Å². The Balaban J connectivity index is 1.85. The summed E-state index contributed by atoms with van der Waals surface area (Å²) in [6.07, 6.45) is 2.05. The number of thiophene rings is 1. The number of rotatable bonds is 5. The molecule has 0 radical (unpaired) electrons. The third kappa shape index (κ3) is 2.99. The molecule has 0 aliphatic rings. The first kappa shape index (κ1) is 18.7. The zero-order chi connectivity index (χ0) is 19.9. The molecular formula is C19H16N4O2S3. The molecule has 28 heavy (non-hydrogen) atoms. The molecule has 3 heterocycles. The van der Waals surface area contributed by atoms with E-state index < -0.39 is 10.0 Å². The van der Waals surface area contributed by atoms with E-state index in [-0.39, 0.29) is 0 Å². The summed E-state index contributed by atoms with van der Waals surface area (Å²) in [4.78, 5) is 5.34. The standard InChI is InChI=1S/C19H16N4O2S3/c1-22-16(19-21-12-14(27-19)8-9-20)11-13-5-3-6-15(18(13)22)23(2)28(24,25)17-7-4-10-26-17/h3-7,10-12H,8H2,1-2H3. The molecule has 142 valence electrons. The highest BCUT2D eigenvalue weighted by Gasteiger charge is 2.25. The Morgan fingerprint density at radius 3 is 2.82 bits per heavy atom. The fourth-order valence-corrected chi connectivity index (χ4v) is 6.37. The Hall–Kier alpha value is -2.67. The highest BCUT2D eigenvalue weighted by molar-refractivity contribution is 7.94. The maximum atomic E-state index is 13.0. The molecule has 0 saturated carbocycles. The van der Waals surface area contributed by atoms with Crippen LogP contribution in [0.15, 0.2) is 52.2 Å². The van der Waals surface area contributed by atoms with Crippen LogP contribution in [0.4, 0.5) is 5.69 Å². The lowest BCUT2D eigenvalue weighted by Gasteiger charge is -2.20. The highest BCUT2D eigenvalue weighted by Crippen LogP contribution is 2.36. The first-order valence-corrected chi connectivity index (χ1v) is 11.5. The Bertz CT molecular complexity index is 1290. The molecule has 0 bridgehead atoms. The normalized spacial score (nSPS) is 11.6. The Morgan fingerprint density at radius 1 is 1.29 bits per heavy atom. The van der Waals surface area contributed by atoms with Crippen LogP contribution in [0.25, 0.3) is 21.6 Å². The van der Waals surface area contributed by atoms with Crippen LogP contribution in [0.5, 0.6) is 0 Å². The summed E-state index contributed by atoms with van der Waals surface area (Å²) in [5.41, 5.74) is 2.31. The van der Waals surface area contributed by atoms with Crippen molar-refractivity contribution in [3.63, 3.8) is 0 Å². The lowest BCUT2D eigenvalue weighted by atomic mass is 10.2. The number of anilines is 1. The quantitative estimate of drug-likeness (QED) is 0.476. The van der Waals surface area contributed by atoms with Gasteiger partial charge in [-0.15, -0.1) is 22.7 Å². The number of nitrogens with zero attached hydrogens (tertiary/aromatic N) is 4. The van der Waals surface area contributed by atoms with Crippen molar-refractivity contribution in [1.29, 1.82) is 5.26 Å². The molecule has 0 unspecified atom stereocenters. The summed E-state index contributed by atoms with van der Waals surface area (Å²) in [6.45, 7) is 0. The summed E-state index contributed by atoms with van der Waals surface area (Å²) < 4.78 is 29.6. The van der Waals surface area contributed by atoms with Crippen LogP contribution in [0, 0.1) is 11.3 Å². The van der Waals surface area contributed by atoms with E-state index in [4.69, 9.17) is 5.26 Å². The average molecular weight is 429 g/mol. The zero-order valence-electron chi connectivity index (χ0n) is 15.2. The van der Waals surface area contributed by atoms with E-state index in [0.717, 1.165) is 26.5 Å². The Morgan fingerprint density at radius 2 is 2.11 bits per heavy atom. The van der Waals surface area contributed by atoms with Crippen LogP contribution in [-0.4, -0.2) is 25.0 Å². The van der Waals surface area contributed by atoms with Crippen molar-refractivity contribution in [2.45, 2.75) is 10.6 Å². The van der Waals surface area contributed by atoms with Gasteiger partial charge in [0, 0.05) is 30.6 Å². The SMILES string of the molecule is CN(c1cccc2cc(-c3ncc(CC#N)s3)n(C)c12)S(=O)(=O)c1cccs1. The second-order valence-corrected chi connectivity index (χ2v) is 10.4. The van der Waals surface area contributed by atoms with Gasteiger partial charge in [-0.05, 0) is 23.6 Å². The number of sulfonamides is 1. The smallest absolute Gasteiger partial charge is 0.273 e. The molecule has 1 aromatic carbocycles. The summed E-state index contributed by atoms with van der Waals surface area (Å²) >= 11 is 2.67. The number of thiazole rings is 1. The van der Waals surface area contributed by atoms with Gasteiger partial charge in [0.05, 0.1) is 29.4 Å². The van der Waals surface area contributed by atoms with E-state index in [2.05, 4.69) is 11.1 Å². The van der Waals surface area contributed by atoms with Crippen molar-refractivity contribution in [2.75, 3.05) is 11.4 Å². The number of benzene rings is 1. The molecule has 6 nitrogen and oxygen atoms in total. The maximum absolute atomic E-state index is 13.0. The predicted octanol–water partition coefficient (Wildman–Crippen LogP) is 4.25. The summed E-state index contributed by atoms with van der Waals surface area (Å²) in [5, 5.41) is 12.4. The number of hydrogen-bond acceptors (Lipinski definition) is 6. The third-order valence-corrected chi connectivity index (χ3v) is 8.67. The molecule has 0 fully saturated rings. The second kappa shape index (κ2) is 7.05. The molecule has 0 atom stereocenters. The molecule has 9 heteroatoms. The van der Waals surface area contributed by atoms with E-state index in [1.165, 1.54) is 27.0 Å². The van der Waals surface area contributed by atoms with Gasteiger partial charge in [-0.1, -0.05) is 18.2 Å². The predicted molar refractivity (Wildman–Crippen MR) is 113 cm³/mol. The molecule has 0 aliphatic carbocycles. The monoisotopic (exact) mass is 428 g/mol. The molecular weight excluding hydrogens is 412 g/mol. The largest absolute Gasteiger partial charge is 0.340 e. The summed E-state index contributed by atoms with van der Waals surface area (Å²) in [6, 6.07) is 13.1. The van der Waals surface area contributed by atoms with E-state index in [1.807, 2.05) is 29.8 Å². The van der Waals surface area contributed by atoms with Crippen molar-refractivity contribution in [3.8, 4) is 16.8 Å². The van der Waals surface area contributed by atoms with Crippen LogP contribution in [0.1, 0.15) is 4.88 Å². The molecule has 0 N–H and O–H groups in total. The Kier molecular flexibility index (Phi) is 4.71. The molecule has 0 spiro atoms.